The summed E-state index contributed by atoms with van der Waals surface area (Å²) < 4.78 is 0. The van der Waals surface area contributed by atoms with Crippen LogP contribution in [-0.4, -0.2) is 43.4 Å². The minimum absolute atomic E-state index is 0.0813. The first-order valence-electron chi connectivity index (χ1n) is 14.2. The maximum atomic E-state index is 14.4. The van der Waals surface area contributed by atoms with Crippen LogP contribution in [0.2, 0.25) is 0 Å². The Bertz CT molecular complexity index is 1560. The first kappa shape index (κ1) is 28.8. The number of allylic oxidation sites excluding steroid dienone is 1. The van der Waals surface area contributed by atoms with E-state index in [-0.39, 0.29) is 35.6 Å². The van der Waals surface area contributed by atoms with Gasteiger partial charge in [0.2, 0.25) is 5.78 Å². The number of hydrogen-bond donors (Lipinski definition) is 4. The van der Waals surface area contributed by atoms with E-state index in [0.717, 1.165) is 30.0 Å². The Hall–Kier alpha value is -3.71. The van der Waals surface area contributed by atoms with Gasteiger partial charge in [-0.3, -0.25) is 14.4 Å². The highest BCUT2D eigenvalue weighted by Crippen LogP contribution is 2.65. The van der Waals surface area contributed by atoms with Crippen molar-refractivity contribution in [2.45, 2.75) is 72.8 Å². The molecule has 5 rings (SSSR count). The monoisotopic (exact) mass is 558 g/mol. The number of Topliss-reactive ketones (excluding diaryl/α,β-unsaturated/α-hetero) is 3. The van der Waals surface area contributed by atoms with Crippen LogP contribution in [0.4, 0.5) is 0 Å². The highest BCUT2D eigenvalue weighted by Gasteiger charge is 2.72. The maximum Gasteiger partial charge on any atom is 0.203 e. The molecular weight excluding hydrogens is 520 g/mol. The van der Waals surface area contributed by atoms with Crippen LogP contribution >= 0.6 is 0 Å². The van der Waals surface area contributed by atoms with Crippen LogP contribution < -0.4 is 0 Å². The van der Waals surface area contributed by atoms with Gasteiger partial charge in [0.25, 0.3) is 0 Å². The summed E-state index contributed by atoms with van der Waals surface area (Å²) >= 11 is 0. The maximum absolute atomic E-state index is 14.4. The van der Waals surface area contributed by atoms with Crippen molar-refractivity contribution in [1.82, 2.24) is 0 Å². The lowest BCUT2D eigenvalue weighted by Crippen LogP contribution is -2.69. The number of aliphatic hydroxyl groups is 3. The molecular formula is C34H38O7. The van der Waals surface area contributed by atoms with Gasteiger partial charge in [0.05, 0.1) is 5.56 Å². The quantitative estimate of drug-likeness (QED) is 0.367. The summed E-state index contributed by atoms with van der Waals surface area (Å²) in [6.07, 6.45) is 1.73. The fraction of sp³-hybridized carbons (Fsp3) is 0.441. The summed E-state index contributed by atoms with van der Waals surface area (Å²) in [5, 5.41) is 45.9. The second-order valence-corrected chi connectivity index (χ2v) is 13.0. The summed E-state index contributed by atoms with van der Waals surface area (Å²) in [5.74, 6) is -5.16. The SMILES string of the molecule is CC(=O)C1=C(O)[C@]2(O)C(=O)C3=C(O)c4c(O)ccc(CCc5ccc(C)cc5)c4C[C@]3(C)C[C@]2(C)C(C(C)C)C1=O. The van der Waals surface area contributed by atoms with Gasteiger partial charge in [0.1, 0.15) is 22.8 Å². The minimum atomic E-state index is -2.60. The second-order valence-electron chi connectivity index (χ2n) is 13.0. The smallest absolute Gasteiger partial charge is 0.203 e. The minimum Gasteiger partial charge on any atom is -0.508 e. The lowest BCUT2D eigenvalue weighted by atomic mass is 9.43. The number of aromatic hydroxyl groups is 1. The number of aliphatic hydroxyl groups excluding tert-OH is 2. The highest BCUT2D eigenvalue weighted by molar-refractivity contribution is 6.24. The van der Waals surface area contributed by atoms with E-state index in [0.29, 0.717) is 6.42 Å². The Balaban J connectivity index is 1.70. The van der Waals surface area contributed by atoms with Crippen molar-refractivity contribution >= 4 is 23.1 Å². The van der Waals surface area contributed by atoms with Crippen LogP contribution in [0.25, 0.3) is 5.76 Å². The van der Waals surface area contributed by atoms with Crippen LogP contribution in [0, 0.1) is 29.6 Å². The van der Waals surface area contributed by atoms with E-state index < -0.39 is 56.8 Å². The lowest BCUT2D eigenvalue weighted by Gasteiger charge is -2.59. The molecule has 3 aliphatic carbocycles. The largest absolute Gasteiger partial charge is 0.508 e. The van der Waals surface area contributed by atoms with Crippen LogP contribution in [0.3, 0.4) is 0 Å². The number of hydrogen-bond acceptors (Lipinski definition) is 7. The molecule has 0 saturated heterocycles. The van der Waals surface area contributed by atoms with E-state index in [9.17, 15) is 34.8 Å². The fourth-order valence-corrected chi connectivity index (χ4v) is 8.05. The molecule has 216 valence electrons. The molecule has 7 nitrogen and oxygen atoms in total. The summed E-state index contributed by atoms with van der Waals surface area (Å²) in [6.45, 7) is 10.2. The zero-order valence-corrected chi connectivity index (χ0v) is 24.5. The first-order chi connectivity index (χ1) is 19.1. The van der Waals surface area contributed by atoms with Crippen molar-refractivity contribution in [2.75, 3.05) is 0 Å². The zero-order chi connectivity index (χ0) is 30.2. The zero-order valence-electron chi connectivity index (χ0n) is 24.5. The van der Waals surface area contributed by atoms with Gasteiger partial charge >= 0.3 is 0 Å². The van der Waals surface area contributed by atoms with Gasteiger partial charge in [-0.15, -0.1) is 0 Å². The first-order valence-corrected chi connectivity index (χ1v) is 14.2. The molecule has 0 aliphatic heterocycles. The van der Waals surface area contributed by atoms with E-state index in [1.54, 1.807) is 20.8 Å². The third-order valence-corrected chi connectivity index (χ3v) is 9.79. The van der Waals surface area contributed by atoms with Gasteiger partial charge in [-0.2, -0.15) is 0 Å². The Kier molecular flexibility index (Phi) is 6.61. The van der Waals surface area contributed by atoms with Gasteiger partial charge < -0.3 is 20.4 Å². The summed E-state index contributed by atoms with van der Waals surface area (Å²) in [5.41, 5.74) is -1.68. The Morgan fingerprint density at radius 1 is 1.00 bits per heavy atom. The number of phenols is 1. The van der Waals surface area contributed by atoms with Crippen molar-refractivity contribution < 1.29 is 34.8 Å². The van der Waals surface area contributed by atoms with Crippen molar-refractivity contribution in [3.05, 3.63) is 81.1 Å². The third-order valence-electron chi connectivity index (χ3n) is 9.79. The molecule has 2 aromatic carbocycles. The predicted molar refractivity (Wildman–Crippen MR) is 154 cm³/mol. The van der Waals surface area contributed by atoms with Gasteiger partial charge in [0, 0.05) is 22.3 Å². The number of phenolic OH excluding ortho intramolecular Hbond substituents is 1. The molecule has 0 aromatic heterocycles. The summed E-state index contributed by atoms with van der Waals surface area (Å²) in [4.78, 5) is 40.5. The second kappa shape index (κ2) is 9.41. The van der Waals surface area contributed by atoms with Gasteiger partial charge in [-0.1, -0.05) is 63.6 Å². The van der Waals surface area contributed by atoms with Crippen molar-refractivity contribution in [1.29, 1.82) is 0 Å². The average molecular weight is 559 g/mol. The molecule has 4 N–H and O–H groups in total. The molecule has 41 heavy (non-hydrogen) atoms. The molecule has 0 spiro atoms. The van der Waals surface area contributed by atoms with Crippen molar-refractivity contribution in [3.63, 3.8) is 0 Å². The normalized spacial score (nSPS) is 29.4. The van der Waals surface area contributed by atoms with Crippen LogP contribution in [0.5, 0.6) is 5.75 Å². The molecule has 3 aliphatic rings. The topological polar surface area (TPSA) is 132 Å². The molecule has 1 unspecified atom stereocenters. The molecule has 1 saturated carbocycles. The van der Waals surface area contributed by atoms with E-state index in [1.165, 1.54) is 11.6 Å². The van der Waals surface area contributed by atoms with Crippen LogP contribution in [0.1, 0.15) is 68.9 Å². The molecule has 0 radical (unpaired) electrons. The van der Waals surface area contributed by atoms with E-state index in [1.807, 2.05) is 19.9 Å². The lowest BCUT2D eigenvalue weighted by molar-refractivity contribution is -0.178. The predicted octanol–water partition coefficient (Wildman–Crippen LogP) is 5.28. The molecule has 1 fully saturated rings. The summed E-state index contributed by atoms with van der Waals surface area (Å²) in [6, 6.07) is 11.6. The molecule has 0 heterocycles. The number of aryl methyl sites for hydroxylation is 3. The van der Waals surface area contributed by atoms with Gasteiger partial charge in [-0.05, 0) is 68.2 Å². The number of benzene rings is 2. The number of fused-ring (bicyclic) bond motifs is 3. The number of carbonyl (C=O) groups excluding carboxylic acids is 3. The Labute approximate surface area is 240 Å². The molecule has 7 heteroatoms. The average Bonchev–Trinajstić information content (AvgIpc) is 2.86. The molecule has 2 aromatic rings. The molecule has 4 atom stereocenters. The van der Waals surface area contributed by atoms with Crippen molar-refractivity contribution in [3.8, 4) is 5.75 Å². The fourth-order valence-electron chi connectivity index (χ4n) is 8.05. The standard InChI is InChI=1S/C34H38O7/c1-17(2)26-28(37)24(19(4)35)30(39)34(41)31(40)27-29(38)25-22(15-32(27,5)16-33(26,34)6)21(13-14-23(25)36)12-11-20-9-7-18(3)8-10-20/h7-10,13-14,17,26,36,38-39,41H,11-12,15-16H2,1-6H3/t26?,32-,33-,34+/m1/s1. The van der Waals surface area contributed by atoms with Gasteiger partial charge in [-0.25, -0.2) is 0 Å². The Morgan fingerprint density at radius 3 is 2.22 bits per heavy atom. The van der Waals surface area contributed by atoms with Gasteiger partial charge in [0.15, 0.2) is 17.2 Å². The Morgan fingerprint density at radius 2 is 1.63 bits per heavy atom. The highest BCUT2D eigenvalue weighted by atomic mass is 16.3. The van der Waals surface area contributed by atoms with E-state index >= 15 is 0 Å². The van der Waals surface area contributed by atoms with Crippen molar-refractivity contribution in [2.24, 2.45) is 22.7 Å². The number of ketones is 3. The number of carbonyl (C=O) groups is 3. The van der Waals surface area contributed by atoms with E-state index in [4.69, 9.17) is 0 Å². The number of rotatable bonds is 5. The summed E-state index contributed by atoms with van der Waals surface area (Å²) in [7, 11) is 0. The van der Waals surface area contributed by atoms with Crippen LogP contribution in [0.15, 0.2) is 53.3 Å². The molecule has 0 amide bonds. The van der Waals surface area contributed by atoms with Crippen LogP contribution in [-0.2, 0) is 33.6 Å². The third kappa shape index (κ3) is 3.92. The van der Waals surface area contributed by atoms with E-state index in [2.05, 4.69) is 24.3 Å². The molecule has 0 bridgehead atoms.